The number of aromatic nitrogens is 1. The topological polar surface area (TPSA) is 107 Å². The molecule has 196 valence electrons. The zero-order valence-corrected chi connectivity index (χ0v) is 21.7. The first-order valence-electron chi connectivity index (χ1n) is 11.7. The maximum absolute atomic E-state index is 12.7. The lowest BCUT2D eigenvalue weighted by molar-refractivity contribution is 0.0695. The normalized spacial score (nSPS) is 16.9. The maximum Gasteiger partial charge on any atom is 0.336 e. The van der Waals surface area contributed by atoms with Crippen LogP contribution in [0.3, 0.4) is 0 Å². The number of aliphatic hydroxyl groups excluding tert-OH is 1. The average molecular weight is 520 g/mol. The van der Waals surface area contributed by atoms with E-state index in [2.05, 4.69) is 10.3 Å². The second kappa shape index (κ2) is 17.1. The van der Waals surface area contributed by atoms with Gasteiger partial charge < -0.3 is 25.2 Å². The number of aryl methyl sites for hydroxylation is 1. The van der Waals surface area contributed by atoms with Crippen molar-refractivity contribution in [1.82, 2.24) is 9.88 Å². The number of alkyl halides is 1. The molecule has 2 heterocycles. The number of nitrogens with one attached hydrogen (secondary N) is 1. The minimum absolute atomic E-state index is 0.0204. The van der Waals surface area contributed by atoms with Gasteiger partial charge in [0.15, 0.2) is 0 Å². The highest BCUT2D eigenvalue weighted by Crippen LogP contribution is 2.19. The van der Waals surface area contributed by atoms with E-state index in [4.69, 9.17) is 26.9 Å². The van der Waals surface area contributed by atoms with E-state index in [-0.39, 0.29) is 17.9 Å². The zero-order valence-electron chi connectivity index (χ0n) is 20.9. The number of carboxylic acids is 1. The molecular weight excluding hydrogens is 485 g/mol. The van der Waals surface area contributed by atoms with Crippen molar-refractivity contribution in [3.8, 4) is 5.75 Å². The molecule has 1 aliphatic rings. The predicted octanol–water partition coefficient (Wildman–Crippen LogP) is 3.51. The molecule has 1 aromatic carbocycles. The lowest BCUT2D eigenvalue weighted by atomic mass is 10.1. The van der Waals surface area contributed by atoms with Gasteiger partial charge in [-0.2, -0.15) is 0 Å². The number of aromatic hydroxyl groups is 1. The van der Waals surface area contributed by atoms with Crippen molar-refractivity contribution in [2.75, 3.05) is 26.4 Å². The first-order chi connectivity index (χ1) is 17.4. The number of halogens is 2. The van der Waals surface area contributed by atoms with Crippen LogP contribution < -0.4 is 15.9 Å². The lowest BCUT2D eigenvalue weighted by Crippen LogP contribution is -2.30. The van der Waals surface area contributed by atoms with Crippen LogP contribution in [0, 0.1) is 6.92 Å². The van der Waals surface area contributed by atoms with E-state index >= 15 is 0 Å². The van der Waals surface area contributed by atoms with Gasteiger partial charge in [-0.1, -0.05) is 43.7 Å². The molecule has 1 aromatic heterocycles. The molecule has 4 N–H and O–H groups in total. The first kappa shape index (κ1) is 30.7. The summed E-state index contributed by atoms with van der Waals surface area (Å²) in [6, 6.07) is 6.18. The molecule has 0 spiro atoms. The summed E-state index contributed by atoms with van der Waals surface area (Å²) >= 11 is 6.32. The largest absolute Gasteiger partial charge is 0.508 e. The molecule has 0 fully saturated rings. The minimum Gasteiger partial charge on any atom is -0.508 e. The highest BCUT2D eigenvalue weighted by molar-refractivity contribution is 6.32. The smallest absolute Gasteiger partial charge is 0.336 e. The van der Waals surface area contributed by atoms with E-state index in [9.17, 15) is 9.18 Å². The van der Waals surface area contributed by atoms with Crippen molar-refractivity contribution in [2.24, 2.45) is 4.99 Å². The van der Waals surface area contributed by atoms with Gasteiger partial charge in [0.25, 0.3) is 0 Å². The Labute approximate surface area is 216 Å². The molecule has 36 heavy (non-hydrogen) atoms. The summed E-state index contributed by atoms with van der Waals surface area (Å²) in [5.41, 5.74) is 1.80. The van der Waals surface area contributed by atoms with Gasteiger partial charge in [0.2, 0.25) is 0 Å². The summed E-state index contributed by atoms with van der Waals surface area (Å²) in [6.07, 6.45) is 11.6. The van der Waals surface area contributed by atoms with Crippen LogP contribution in [0.5, 0.6) is 5.75 Å². The van der Waals surface area contributed by atoms with Crippen molar-refractivity contribution < 1.29 is 24.5 Å². The summed E-state index contributed by atoms with van der Waals surface area (Å²) in [7, 11) is 0. The number of aliphatic hydroxyl groups is 1. The second-order valence-corrected chi connectivity index (χ2v) is 7.74. The molecule has 2 aromatic rings. The molecule has 0 atom stereocenters. The van der Waals surface area contributed by atoms with Gasteiger partial charge >= 0.3 is 5.97 Å². The summed E-state index contributed by atoms with van der Waals surface area (Å²) in [6.45, 7) is 6.81. The Morgan fingerprint density at radius 1 is 1.25 bits per heavy atom. The monoisotopic (exact) mass is 519 g/mol. The molecule has 3 rings (SSSR count). The van der Waals surface area contributed by atoms with Crippen LogP contribution in [0.4, 0.5) is 4.39 Å². The Kier molecular flexibility index (Phi) is 14.6. The number of nitrogens with zero attached hydrogens (tertiary/aromatic N) is 2. The Balaban J connectivity index is 0.000000417. The molecule has 0 saturated carbocycles. The highest BCUT2D eigenvalue weighted by Gasteiger charge is 2.06. The van der Waals surface area contributed by atoms with E-state index in [0.717, 1.165) is 16.1 Å². The van der Waals surface area contributed by atoms with Crippen LogP contribution >= 0.6 is 11.6 Å². The van der Waals surface area contributed by atoms with Crippen LogP contribution in [0.2, 0.25) is 0 Å². The molecular formula is C27H35ClFN3O4. The van der Waals surface area contributed by atoms with Crippen LogP contribution in [-0.4, -0.2) is 58.6 Å². The molecule has 0 aliphatic carbocycles. The van der Waals surface area contributed by atoms with Crippen LogP contribution in [0.25, 0.3) is 12.2 Å². The van der Waals surface area contributed by atoms with E-state index in [1.54, 1.807) is 19.3 Å². The SMILES string of the molecule is CC.Cc1ccc(O)cc1C(=O)O.OCCn1ccc(=C/CC2=C/CNC=NC/C=C\2Cl)/c1=C\CF. The van der Waals surface area contributed by atoms with Gasteiger partial charge in [0, 0.05) is 29.7 Å². The van der Waals surface area contributed by atoms with Gasteiger partial charge in [-0.25, -0.2) is 9.18 Å². The van der Waals surface area contributed by atoms with E-state index in [1.165, 1.54) is 18.2 Å². The summed E-state index contributed by atoms with van der Waals surface area (Å²) in [4.78, 5) is 14.6. The third-order valence-electron chi connectivity index (χ3n) is 4.98. The van der Waals surface area contributed by atoms with E-state index in [0.29, 0.717) is 36.7 Å². The number of benzene rings is 1. The minimum atomic E-state index is -1.02. The summed E-state index contributed by atoms with van der Waals surface area (Å²) < 4.78 is 14.6. The molecule has 0 radical (unpaired) electrons. The number of hydrogen-bond donors (Lipinski definition) is 4. The molecule has 7 nitrogen and oxygen atoms in total. The van der Waals surface area contributed by atoms with Gasteiger partial charge in [-0.05, 0) is 60.1 Å². The summed E-state index contributed by atoms with van der Waals surface area (Å²) in [5, 5.41) is 32.1. The molecule has 1 aliphatic heterocycles. The number of hydrogen-bond acceptors (Lipinski definition) is 5. The first-order valence-corrected chi connectivity index (χ1v) is 12.1. The third-order valence-corrected chi connectivity index (χ3v) is 5.37. The fourth-order valence-electron chi connectivity index (χ4n) is 3.24. The Bertz CT molecular complexity index is 1190. The average Bonchev–Trinajstić information content (AvgIpc) is 3.28. The van der Waals surface area contributed by atoms with Crippen molar-refractivity contribution in [3.63, 3.8) is 0 Å². The van der Waals surface area contributed by atoms with Crippen LogP contribution in [0.15, 0.2) is 58.2 Å². The quantitative estimate of drug-likeness (QED) is 0.467. The van der Waals surface area contributed by atoms with Gasteiger partial charge in [-0.3, -0.25) is 4.99 Å². The zero-order chi connectivity index (χ0) is 26.9. The number of carbonyl (C=O) groups is 1. The van der Waals surface area contributed by atoms with Crippen LogP contribution in [-0.2, 0) is 6.54 Å². The number of aliphatic imine (C=N–C) groups is 1. The van der Waals surface area contributed by atoms with E-state index < -0.39 is 12.6 Å². The number of aromatic carboxylic acids is 1. The fourth-order valence-corrected chi connectivity index (χ4v) is 3.46. The Hall–Kier alpha value is -3.36. The standard InChI is InChI=1S/C17H21ClFN3O.C8H8O3.C2H6/c18-16-5-9-21-13-20-8-4-14(16)1-2-15-6-10-22(11-12-23)17(15)3-7-19;1-5-2-3-6(9)4-7(5)8(10)11;1-2/h2-6,10,13,23H,1,7-9,11-12H2,(H,20,21);2-4,9H,1H3,(H,10,11);1-2H3/b14-4-,15-2-,16-5+,17-3+;;. The van der Waals surface area contributed by atoms with Crippen molar-refractivity contribution >= 4 is 36.1 Å². The number of rotatable bonds is 6. The van der Waals surface area contributed by atoms with Crippen molar-refractivity contribution in [1.29, 1.82) is 0 Å². The number of carboxylic acid groups (broad SMARTS) is 1. The second-order valence-electron chi connectivity index (χ2n) is 7.33. The molecule has 9 heteroatoms. The van der Waals surface area contributed by atoms with Crippen molar-refractivity contribution in [2.45, 2.75) is 33.7 Å². The Morgan fingerprint density at radius 2 is 2.00 bits per heavy atom. The van der Waals surface area contributed by atoms with Gasteiger partial charge in [0.05, 0.1) is 25.1 Å². The third kappa shape index (κ3) is 10.1. The fraction of sp³-hybridized carbons (Fsp3) is 0.333. The lowest BCUT2D eigenvalue weighted by Gasteiger charge is -2.03. The van der Waals surface area contributed by atoms with E-state index in [1.807, 2.05) is 48.9 Å². The number of phenols is 1. The number of allylic oxidation sites excluding steroid dienone is 2. The highest BCUT2D eigenvalue weighted by atomic mass is 35.5. The number of phenolic OH excluding ortho intramolecular Hbond substituents is 1. The molecule has 0 bridgehead atoms. The molecule has 0 saturated heterocycles. The van der Waals surface area contributed by atoms with Crippen LogP contribution in [0.1, 0.15) is 36.2 Å². The molecule has 0 unspecified atom stereocenters. The summed E-state index contributed by atoms with van der Waals surface area (Å²) in [5.74, 6) is -1.04. The molecule has 0 amide bonds. The predicted molar refractivity (Wildman–Crippen MR) is 145 cm³/mol. The maximum atomic E-state index is 12.7. The Morgan fingerprint density at radius 3 is 2.64 bits per heavy atom. The van der Waals surface area contributed by atoms with Gasteiger partial charge in [0.1, 0.15) is 12.4 Å². The van der Waals surface area contributed by atoms with Gasteiger partial charge in [-0.15, -0.1) is 0 Å². The van der Waals surface area contributed by atoms with Crippen molar-refractivity contribution in [3.05, 3.63) is 74.9 Å².